The Morgan fingerprint density at radius 3 is 2.35 bits per heavy atom. The van der Waals surface area contributed by atoms with Gasteiger partial charge in [0.15, 0.2) is 0 Å². The summed E-state index contributed by atoms with van der Waals surface area (Å²) in [5.74, 6) is 0. The molecule has 0 amide bonds. The molecule has 0 atom stereocenters. The molecule has 88 valence electrons. The average Bonchev–Trinajstić information content (AvgIpc) is 2.33. The third kappa shape index (κ3) is 4.43. The number of benzene rings is 1. The van der Waals surface area contributed by atoms with Crippen LogP contribution in [-0.4, -0.2) is 11.2 Å². The van der Waals surface area contributed by atoms with E-state index in [2.05, 4.69) is 15.5 Å². The summed E-state index contributed by atoms with van der Waals surface area (Å²) < 4.78 is 0. The minimum atomic E-state index is 0. The first kappa shape index (κ1) is 13.5. The lowest BCUT2D eigenvalue weighted by atomic mass is 10.2. The van der Waals surface area contributed by atoms with Crippen LogP contribution in [0.2, 0.25) is 5.02 Å². The molecule has 1 N–H and O–H groups in total. The highest BCUT2D eigenvalue weighted by atomic mass is 35.5. The Kier molecular flexibility index (Phi) is 5.46. The number of nitrogens with zero attached hydrogens (tertiary/aromatic N) is 2. The van der Waals surface area contributed by atoms with Gasteiger partial charge in [0.05, 0.1) is 11.9 Å². The summed E-state index contributed by atoms with van der Waals surface area (Å²) in [6.45, 7) is 0. The zero-order valence-corrected chi connectivity index (χ0v) is 10.4. The van der Waals surface area contributed by atoms with Gasteiger partial charge in [-0.2, -0.15) is 5.10 Å². The van der Waals surface area contributed by atoms with Crippen LogP contribution in [-0.2, 0) is 0 Å². The van der Waals surface area contributed by atoms with Crippen molar-refractivity contribution in [2.24, 2.45) is 5.10 Å². The van der Waals surface area contributed by atoms with Gasteiger partial charge in [0, 0.05) is 17.4 Å². The van der Waals surface area contributed by atoms with Gasteiger partial charge in [-0.1, -0.05) is 23.7 Å². The standard InChI is InChI=1S/C12H10ClN3.ClH/c13-11-3-1-10(2-4-11)9-15-16-12-5-7-14-8-6-12;/h1-9H,(H,14,16);1H. The lowest BCUT2D eigenvalue weighted by molar-refractivity contribution is 1.28. The van der Waals surface area contributed by atoms with Crippen LogP contribution in [0.25, 0.3) is 0 Å². The topological polar surface area (TPSA) is 37.3 Å². The molecule has 0 saturated carbocycles. The molecule has 0 unspecified atom stereocenters. The van der Waals surface area contributed by atoms with Crippen molar-refractivity contribution < 1.29 is 0 Å². The maximum absolute atomic E-state index is 5.77. The van der Waals surface area contributed by atoms with Crippen LogP contribution >= 0.6 is 24.0 Å². The second-order valence-corrected chi connectivity index (χ2v) is 3.59. The van der Waals surface area contributed by atoms with Crippen LogP contribution in [0.5, 0.6) is 0 Å². The number of hydrazone groups is 1. The molecule has 0 saturated heterocycles. The summed E-state index contributed by atoms with van der Waals surface area (Å²) in [6, 6.07) is 11.2. The minimum Gasteiger partial charge on any atom is -0.278 e. The maximum Gasteiger partial charge on any atom is 0.0592 e. The van der Waals surface area contributed by atoms with Gasteiger partial charge < -0.3 is 0 Å². The molecule has 2 aromatic rings. The number of anilines is 1. The van der Waals surface area contributed by atoms with Gasteiger partial charge in [0.25, 0.3) is 0 Å². The molecule has 1 aromatic carbocycles. The van der Waals surface area contributed by atoms with Crippen LogP contribution < -0.4 is 5.43 Å². The third-order valence-electron chi connectivity index (χ3n) is 1.96. The number of rotatable bonds is 3. The summed E-state index contributed by atoms with van der Waals surface area (Å²) in [5, 5.41) is 4.82. The Hall–Kier alpha value is -1.58. The van der Waals surface area contributed by atoms with Crippen molar-refractivity contribution in [3.63, 3.8) is 0 Å². The fourth-order valence-corrected chi connectivity index (χ4v) is 1.28. The monoisotopic (exact) mass is 267 g/mol. The molecule has 5 heteroatoms. The predicted octanol–water partition coefficient (Wildman–Crippen LogP) is 3.60. The zero-order chi connectivity index (χ0) is 11.2. The summed E-state index contributed by atoms with van der Waals surface area (Å²) >= 11 is 5.77. The number of hydrogen-bond acceptors (Lipinski definition) is 3. The minimum absolute atomic E-state index is 0. The zero-order valence-electron chi connectivity index (χ0n) is 8.88. The molecule has 0 aliphatic rings. The lowest BCUT2D eigenvalue weighted by Crippen LogP contribution is -1.90. The number of pyridine rings is 1. The van der Waals surface area contributed by atoms with E-state index in [-0.39, 0.29) is 12.4 Å². The SMILES string of the molecule is Cl.Clc1ccc(C=NNc2ccncc2)cc1. The Labute approximate surface area is 111 Å². The van der Waals surface area contributed by atoms with E-state index in [9.17, 15) is 0 Å². The quantitative estimate of drug-likeness (QED) is 0.682. The molecule has 1 aromatic heterocycles. The number of hydrogen-bond donors (Lipinski definition) is 1. The van der Waals surface area contributed by atoms with Gasteiger partial charge in [-0.05, 0) is 29.8 Å². The van der Waals surface area contributed by atoms with Crippen LogP contribution in [0.3, 0.4) is 0 Å². The largest absolute Gasteiger partial charge is 0.278 e. The second-order valence-electron chi connectivity index (χ2n) is 3.16. The van der Waals surface area contributed by atoms with Gasteiger partial charge >= 0.3 is 0 Å². The molecule has 0 aliphatic carbocycles. The first-order valence-corrected chi connectivity index (χ1v) is 5.17. The van der Waals surface area contributed by atoms with E-state index in [1.165, 1.54) is 0 Å². The van der Waals surface area contributed by atoms with Crippen molar-refractivity contribution in [3.05, 3.63) is 59.4 Å². The summed E-state index contributed by atoms with van der Waals surface area (Å²) in [4.78, 5) is 3.91. The van der Waals surface area contributed by atoms with E-state index in [1.54, 1.807) is 18.6 Å². The van der Waals surface area contributed by atoms with Gasteiger partial charge in [0.1, 0.15) is 0 Å². The van der Waals surface area contributed by atoms with Crippen LogP contribution in [0.4, 0.5) is 5.69 Å². The highest BCUT2D eigenvalue weighted by Crippen LogP contribution is 2.08. The Balaban J connectivity index is 0.00000144. The van der Waals surface area contributed by atoms with E-state index in [4.69, 9.17) is 11.6 Å². The van der Waals surface area contributed by atoms with Gasteiger partial charge in [0.2, 0.25) is 0 Å². The third-order valence-corrected chi connectivity index (χ3v) is 2.21. The Morgan fingerprint density at radius 1 is 1.06 bits per heavy atom. The fraction of sp³-hybridized carbons (Fsp3) is 0. The molecular formula is C12H11Cl2N3. The molecule has 0 aliphatic heterocycles. The lowest BCUT2D eigenvalue weighted by Gasteiger charge is -1.98. The van der Waals surface area contributed by atoms with E-state index >= 15 is 0 Å². The van der Waals surface area contributed by atoms with Crippen molar-refractivity contribution in [3.8, 4) is 0 Å². The maximum atomic E-state index is 5.77. The smallest absolute Gasteiger partial charge is 0.0592 e. The molecule has 3 nitrogen and oxygen atoms in total. The molecule has 0 spiro atoms. The normalized spacial score (nSPS) is 9.94. The first-order valence-electron chi connectivity index (χ1n) is 4.79. The molecule has 1 heterocycles. The van der Waals surface area contributed by atoms with E-state index in [0.717, 1.165) is 16.3 Å². The van der Waals surface area contributed by atoms with Gasteiger partial charge in [-0.25, -0.2) is 0 Å². The van der Waals surface area contributed by atoms with Crippen molar-refractivity contribution >= 4 is 35.9 Å². The Morgan fingerprint density at radius 2 is 1.71 bits per heavy atom. The van der Waals surface area contributed by atoms with Crippen molar-refractivity contribution in [1.82, 2.24) is 4.98 Å². The second kappa shape index (κ2) is 6.89. The fourth-order valence-electron chi connectivity index (χ4n) is 1.16. The number of nitrogens with one attached hydrogen (secondary N) is 1. The molecular weight excluding hydrogens is 257 g/mol. The predicted molar refractivity (Wildman–Crippen MR) is 74.2 cm³/mol. The van der Waals surface area contributed by atoms with E-state index < -0.39 is 0 Å². The van der Waals surface area contributed by atoms with Crippen molar-refractivity contribution in [2.75, 3.05) is 5.43 Å². The molecule has 0 bridgehead atoms. The highest BCUT2D eigenvalue weighted by Gasteiger charge is 1.88. The molecule has 17 heavy (non-hydrogen) atoms. The summed E-state index contributed by atoms with van der Waals surface area (Å²) in [7, 11) is 0. The van der Waals surface area contributed by atoms with Crippen LogP contribution in [0, 0.1) is 0 Å². The number of aromatic nitrogens is 1. The van der Waals surface area contributed by atoms with Crippen molar-refractivity contribution in [2.45, 2.75) is 0 Å². The summed E-state index contributed by atoms with van der Waals surface area (Å²) in [6.07, 6.45) is 5.15. The van der Waals surface area contributed by atoms with Crippen molar-refractivity contribution in [1.29, 1.82) is 0 Å². The Bertz CT molecular complexity index is 469. The summed E-state index contributed by atoms with van der Waals surface area (Å²) in [5.41, 5.74) is 4.80. The van der Waals surface area contributed by atoms with E-state index in [1.807, 2.05) is 36.4 Å². The van der Waals surface area contributed by atoms with Crippen LogP contribution in [0.1, 0.15) is 5.56 Å². The van der Waals surface area contributed by atoms with Gasteiger partial charge in [-0.15, -0.1) is 12.4 Å². The molecule has 0 radical (unpaired) electrons. The number of halogens is 2. The van der Waals surface area contributed by atoms with Gasteiger partial charge in [-0.3, -0.25) is 10.4 Å². The highest BCUT2D eigenvalue weighted by molar-refractivity contribution is 6.30. The molecule has 2 rings (SSSR count). The first-order chi connectivity index (χ1) is 7.84. The molecule has 0 fully saturated rings. The average molecular weight is 268 g/mol. The van der Waals surface area contributed by atoms with E-state index in [0.29, 0.717) is 0 Å². The van der Waals surface area contributed by atoms with Crippen LogP contribution in [0.15, 0.2) is 53.9 Å².